The summed E-state index contributed by atoms with van der Waals surface area (Å²) >= 11 is 0. The molecule has 2 aromatic carbocycles. The topological polar surface area (TPSA) is 56.7 Å². The van der Waals surface area contributed by atoms with Crippen molar-refractivity contribution in [3.63, 3.8) is 0 Å². The first-order chi connectivity index (χ1) is 11.7. The molecular weight excluding hydrogens is 298 g/mol. The van der Waals surface area contributed by atoms with Gasteiger partial charge in [-0.15, -0.1) is 0 Å². The molecule has 0 saturated heterocycles. The summed E-state index contributed by atoms with van der Waals surface area (Å²) in [6.45, 7) is 6.57. The van der Waals surface area contributed by atoms with Crippen molar-refractivity contribution in [2.24, 2.45) is 4.99 Å². The lowest BCUT2D eigenvalue weighted by Crippen LogP contribution is -2.37. The number of nitrogens with zero attached hydrogens (tertiary/aromatic N) is 1. The molecule has 0 aliphatic rings. The van der Waals surface area contributed by atoms with Gasteiger partial charge < -0.3 is 15.7 Å². The molecule has 0 fully saturated rings. The maximum atomic E-state index is 9.30. The number of aliphatic imine (C=N–C) groups is 1. The Kier molecular flexibility index (Phi) is 7.15. The van der Waals surface area contributed by atoms with Crippen LogP contribution >= 0.6 is 0 Å². The van der Waals surface area contributed by atoms with E-state index in [1.165, 1.54) is 16.7 Å². The van der Waals surface area contributed by atoms with Gasteiger partial charge in [0.25, 0.3) is 0 Å². The Morgan fingerprint density at radius 3 is 2.50 bits per heavy atom. The molecule has 0 unspecified atom stereocenters. The highest BCUT2D eigenvalue weighted by atomic mass is 16.3. The summed E-state index contributed by atoms with van der Waals surface area (Å²) in [4.78, 5) is 4.66. The van der Waals surface area contributed by atoms with Gasteiger partial charge >= 0.3 is 0 Å². The Balaban J connectivity index is 1.81. The van der Waals surface area contributed by atoms with Crippen LogP contribution in [0.3, 0.4) is 0 Å². The van der Waals surface area contributed by atoms with Crippen LogP contribution in [0.25, 0.3) is 0 Å². The Hall–Kier alpha value is -2.49. The molecule has 128 valence electrons. The van der Waals surface area contributed by atoms with Gasteiger partial charge in [0.2, 0.25) is 0 Å². The van der Waals surface area contributed by atoms with Crippen LogP contribution in [-0.4, -0.2) is 24.2 Å². The van der Waals surface area contributed by atoms with Gasteiger partial charge in [0.1, 0.15) is 5.75 Å². The minimum absolute atomic E-state index is 0.314. The molecular formula is C20H27N3O. The van der Waals surface area contributed by atoms with Crippen LogP contribution in [-0.2, 0) is 13.0 Å². The molecule has 0 saturated carbocycles. The van der Waals surface area contributed by atoms with Crippen LogP contribution in [0.1, 0.15) is 30.0 Å². The number of aromatic hydroxyl groups is 1. The predicted octanol–water partition coefficient (Wildman–Crippen LogP) is 3.39. The zero-order valence-electron chi connectivity index (χ0n) is 14.5. The van der Waals surface area contributed by atoms with Gasteiger partial charge in [-0.3, -0.25) is 0 Å². The molecule has 0 heterocycles. The van der Waals surface area contributed by atoms with Gasteiger partial charge in [-0.2, -0.15) is 0 Å². The third kappa shape index (κ3) is 5.95. The van der Waals surface area contributed by atoms with Crippen molar-refractivity contribution in [3.05, 3.63) is 65.2 Å². The Bertz CT molecular complexity index is 650. The first-order valence-corrected chi connectivity index (χ1v) is 8.53. The molecule has 0 aliphatic heterocycles. The van der Waals surface area contributed by atoms with Crippen molar-refractivity contribution in [1.29, 1.82) is 0 Å². The minimum Gasteiger partial charge on any atom is -0.508 e. The summed E-state index contributed by atoms with van der Waals surface area (Å²) in [6.07, 6.45) is 1.99. The maximum absolute atomic E-state index is 9.30. The number of hydrogen-bond donors (Lipinski definition) is 3. The first-order valence-electron chi connectivity index (χ1n) is 8.53. The monoisotopic (exact) mass is 325 g/mol. The van der Waals surface area contributed by atoms with Gasteiger partial charge in [-0.25, -0.2) is 4.99 Å². The van der Waals surface area contributed by atoms with Gasteiger partial charge in [-0.05, 0) is 55.5 Å². The smallest absolute Gasteiger partial charge is 0.191 e. The molecule has 2 aromatic rings. The number of phenolic OH excluding ortho intramolecular Hbond substituents is 1. The molecule has 0 bridgehead atoms. The average Bonchev–Trinajstić information content (AvgIpc) is 2.59. The Morgan fingerprint density at radius 2 is 1.79 bits per heavy atom. The fourth-order valence-corrected chi connectivity index (χ4v) is 2.46. The zero-order valence-corrected chi connectivity index (χ0v) is 14.5. The molecule has 4 heteroatoms. The van der Waals surface area contributed by atoms with Crippen LogP contribution in [0, 0.1) is 6.92 Å². The second-order valence-corrected chi connectivity index (χ2v) is 5.82. The highest BCUT2D eigenvalue weighted by Gasteiger charge is 2.00. The van der Waals surface area contributed by atoms with Crippen LogP contribution in [0.5, 0.6) is 5.75 Å². The van der Waals surface area contributed by atoms with Crippen molar-refractivity contribution in [2.75, 3.05) is 13.1 Å². The van der Waals surface area contributed by atoms with E-state index in [1.54, 1.807) is 12.1 Å². The van der Waals surface area contributed by atoms with E-state index in [4.69, 9.17) is 0 Å². The lowest BCUT2D eigenvalue weighted by molar-refractivity contribution is 0.475. The molecule has 0 spiro atoms. The number of hydrogen-bond acceptors (Lipinski definition) is 2. The highest BCUT2D eigenvalue weighted by Crippen LogP contribution is 2.11. The van der Waals surface area contributed by atoms with Crippen LogP contribution in [0.4, 0.5) is 0 Å². The summed E-state index contributed by atoms with van der Waals surface area (Å²) < 4.78 is 0. The third-order valence-electron chi connectivity index (χ3n) is 3.88. The number of benzene rings is 2. The van der Waals surface area contributed by atoms with Gasteiger partial charge in [0.05, 0.1) is 6.54 Å². The average molecular weight is 325 g/mol. The number of guanidine groups is 1. The molecule has 0 atom stereocenters. The van der Waals surface area contributed by atoms with Crippen LogP contribution in [0.2, 0.25) is 0 Å². The number of phenols is 1. The SMILES string of the molecule is CCNC(=NCc1ccccc1C)NCCCc1ccc(O)cc1. The van der Waals surface area contributed by atoms with E-state index < -0.39 is 0 Å². The van der Waals surface area contributed by atoms with Crippen molar-refractivity contribution >= 4 is 5.96 Å². The van der Waals surface area contributed by atoms with Crippen molar-refractivity contribution in [2.45, 2.75) is 33.2 Å². The molecule has 0 aromatic heterocycles. The molecule has 0 radical (unpaired) electrons. The largest absolute Gasteiger partial charge is 0.508 e. The Morgan fingerprint density at radius 1 is 1.04 bits per heavy atom. The lowest BCUT2D eigenvalue weighted by Gasteiger charge is -2.12. The third-order valence-corrected chi connectivity index (χ3v) is 3.88. The lowest BCUT2D eigenvalue weighted by atomic mass is 10.1. The normalized spacial score (nSPS) is 11.3. The fraction of sp³-hybridized carbons (Fsp3) is 0.350. The van der Waals surface area contributed by atoms with Crippen molar-refractivity contribution in [1.82, 2.24) is 10.6 Å². The molecule has 0 amide bonds. The quantitative estimate of drug-likeness (QED) is 0.415. The van der Waals surface area contributed by atoms with Gasteiger partial charge in [0.15, 0.2) is 5.96 Å². The summed E-state index contributed by atoms with van der Waals surface area (Å²) in [6, 6.07) is 15.7. The van der Waals surface area contributed by atoms with Crippen molar-refractivity contribution in [3.8, 4) is 5.75 Å². The van der Waals surface area contributed by atoms with Gasteiger partial charge in [-0.1, -0.05) is 36.4 Å². The standard InChI is InChI=1S/C20H27N3O/c1-3-21-20(23-15-18-9-5-4-7-16(18)2)22-14-6-8-17-10-12-19(24)13-11-17/h4-5,7,9-13,24H,3,6,8,14-15H2,1-2H3,(H2,21,22,23). The fourth-order valence-electron chi connectivity index (χ4n) is 2.46. The molecule has 24 heavy (non-hydrogen) atoms. The number of nitrogens with one attached hydrogen (secondary N) is 2. The van der Waals surface area contributed by atoms with E-state index in [-0.39, 0.29) is 0 Å². The van der Waals surface area contributed by atoms with E-state index in [0.29, 0.717) is 12.3 Å². The molecule has 3 N–H and O–H groups in total. The second-order valence-electron chi connectivity index (χ2n) is 5.82. The van der Waals surface area contributed by atoms with E-state index in [9.17, 15) is 5.11 Å². The zero-order chi connectivity index (χ0) is 17.2. The van der Waals surface area contributed by atoms with E-state index in [1.807, 2.05) is 12.1 Å². The summed E-state index contributed by atoms with van der Waals surface area (Å²) in [5.41, 5.74) is 3.75. The Labute approximate surface area is 144 Å². The molecule has 4 nitrogen and oxygen atoms in total. The summed E-state index contributed by atoms with van der Waals surface area (Å²) in [5, 5.41) is 16.0. The second kappa shape index (κ2) is 9.60. The van der Waals surface area contributed by atoms with E-state index in [0.717, 1.165) is 31.9 Å². The predicted molar refractivity (Wildman–Crippen MR) is 100 cm³/mol. The van der Waals surface area contributed by atoms with E-state index in [2.05, 4.69) is 53.7 Å². The molecule has 0 aliphatic carbocycles. The minimum atomic E-state index is 0.314. The molecule has 2 rings (SSSR count). The maximum Gasteiger partial charge on any atom is 0.191 e. The summed E-state index contributed by atoms with van der Waals surface area (Å²) in [5.74, 6) is 1.17. The van der Waals surface area contributed by atoms with Crippen LogP contribution in [0.15, 0.2) is 53.5 Å². The first kappa shape index (κ1) is 17.9. The number of aryl methyl sites for hydroxylation is 2. The highest BCUT2D eigenvalue weighted by molar-refractivity contribution is 5.79. The van der Waals surface area contributed by atoms with Crippen molar-refractivity contribution < 1.29 is 5.11 Å². The number of rotatable bonds is 7. The summed E-state index contributed by atoms with van der Waals surface area (Å²) in [7, 11) is 0. The van der Waals surface area contributed by atoms with E-state index >= 15 is 0 Å². The van der Waals surface area contributed by atoms with Crippen LogP contribution < -0.4 is 10.6 Å². The van der Waals surface area contributed by atoms with Gasteiger partial charge in [0, 0.05) is 13.1 Å².